The highest BCUT2D eigenvalue weighted by Crippen LogP contribution is 2.42. The fourth-order valence-electron chi connectivity index (χ4n) is 2.78. The van der Waals surface area contributed by atoms with Crippen molar-refractivity contribution < 1.29 is 4.74 Å². The van der Waals surface area contributed by atoms with Gasteiger partial charge in [0.05, 0.1) is 12.7 Å². The topological polar surface area (TPSA) is 45.0 Å². The van der Waals surface area contributed by atoms with Gasteiger partial charge >= 0.3 is 0 Å². The fourth-order valence-corrected chi connectivity index (χ4v) is 2.78. The number of hydrogen-bond donors (Lipinski definition) is 1. The lowest BCUT2D eigenvalue weighted by Gasteiger charge is -2.39. The van der Waals surface area contributed by atoms with Gasteiger partial charge in [-0.3, -0.25) is 0 Å². The highest BCUT2D eigenvalue weighted by molar-refractivity contribution is 5.56. The zero-order valence-corrected chi connectivity index (χ0v) is 12.3. The van der Waals surface area contributed by atoms with E-state index in [9.17, 15) is 5.26 Å². The first-order valence-corrected chi connectivity index (χ1v) is 7.14. The molecule has 2 aromatic carbocycles. The third-order valence-corrected chi connectivity index (χ3v) is 4.11. The molecule has 0 aromatic heterocycles. The number of benzene rings is 2. The van der Waals surface area contributed by atoms with Gasteiger partial charge in [0.2, 0.25) is 0 Å². The van der Waals surface area contributed by atoms with E-state index in [0.717, 1.165) is 17.0 Å². The number of anilines is 1. The Morgan fingerprint density at radius 1 is 1.19 bits per heavy atom. The molecule has 0 amide bonds. The molecule has 3 nitrogen and oxygen atoms in total. The van der Waals surface area contributed by atoms with Gasteiger partial charge in [-0.05, 0) is 25.1 Å². The number of rotatable bonds is 2. The van der Waals surface area contributed by atoms with Crippen LogP contribution in [0.15, 0.2) is 48.5 Å². The van der Waals surface area contributed by atoms with Crippen molar-refractivity contribution >= 4 is 5.69 Å². The van der Waals surface area contributed by atoms with E-state index in [1.807, 2.05) is 55.5 Å². The van der Waals surface area contributed by atoms with Crippen LogP contribution in [0.1, 0.15) is 18.1 Å². The van der Waals surface area contributed by atoms with Gasteiger partial charge in [-0.1, -0.05) is 42.8 Å². The molecule has 1 aliphatic heterocycles. The Balaban J connectivity index is 2.07. The second-order valence-corrected chi connectivity index (χ2v) is 5.62. The van der Waals surface area contributed by atoms with Crippen LogP contribution in [0, 0.1) is 24.2 Å². The molecule has 2 aromatic rings. The summed E-state index contributed by atoms with van der Waals surface area (Å²) < 4.78 is 5.76. The average Bonchev–Trinajstić information content (AvgIpc) is 2.52. The Bertz CT molecular complexity index is 687. The van der Waals surface area contributed by atoms with Crippen LogP contribution in [0.2, 0.25) is 0 Å². The molecule has 2 unspecified atom stereocenters. The molecule has 21 heavy (non-hydrogen) atoms. The van der Waals surface area contributed by atoms with Crippen molar-refractivity contribution in [2.24, 2.45) is 5.92 Å². The van der Waals surface area contributed by atoms with E-state index in [0.29, 0.717) is 6.61 Å². The summed E-state index contributed by atoms with van der Waals surface area (Å²) in [6, 6.07) is 18.4. The van der Waals surface area contributed by atoms with Crippen molar-refractivity contribution in [2.45, 2.75) is 19.4 Å². The van der Waals surface area contributed by atoms with E-state index in [2.05, 4.69) is 18.3 Å². The molecular formula is C18H18N2O. The zero-order chi connectivity index (χ0) is 14.9. The maximum absolute atomic E-state index is 9.91. The number of ether oxygens (including phenoxy) is 1. The second kappa shape index (κ2) is 5.14. The number of para-hydroxylation sites is 1. The lowest BCUT2D eigenvalue weighted by atomic mass is 9.78. The highest BCUT2D eigenvalue weighted by atomic mass is 16.5. The Morgan fingerprint density at radius 2 is 1.90 bits per heavy atom. The standard InChI is InChI=1S/C18H18N2O/c1-13-7-9-15(10-8-13)20-18(12-19)14(2)11-21-17-6-4-3-5-16(17)18/h3-10,14,20H,11H2,1-2H3. The summed E-state index contributed by atoms with van der Waals surface area (Å²) >= 11 is 0. The third kappa shape index (κ3) is 2.23. The minimum absolute atomic E-state index is 0.0544. The maximum Gasteiger partial charge on any atom is 0.160 e. The summed E-state index contributed by atoms with van der Waals surface area (Å²) in [5.41, 5.74) is 2.30. The molecule has 0 saturated carbocycles. The molecule has 0 aliphatic carbocycles. The van der Waals surface area contributed by atoms with E-state index >= 15 is 0 Å². The van der Waals surface area contributed by atoms with Crippen molar-refractivity contribution in [1.29, 1.82) is 5.26 Å². The smallest absolute Gasteiger partial charge is 0.160 e. The van der Waals surface area contributed by atoms with Gasteiger partial charge in [0.1, 0.15) is 5.75 Å². The van der Waals surface area contributed by atoms with Gasteiger partial charge in [0.25, 0.3) is 0 Å². The second-order valence-electron chi connectivity index (χ2n) is 5.62. The molecule has 0 radical (unpaired) electrons. The molecule has 3 rings (SSSR count). The maximum atomic E-state index is 9.91. The molecule has 1 N–H and O–H groups in total. The molecular weight excluding hydrogens is 260 g/mol. The SMILES string of the molecule is Cc1ccc(NC2(C#N)c3ccccc3OCC2C)cc1. The van der Waals surface area contributed by atoms with E-state index < -0.39 is 5.54 Å². The Morgan fingerprint density at radius 3 is 2.62 bits per heavy atom. The van der Waals surface area contributed by atoms with Gasteiger partial charge in [0.15, 0.2) is 5.54 Å². The lowest BCUT2D eigenvalue weighted by molar-refractivity contribution is 0.186. The van der Waals surface area contributed by atoms with Crippen LogP contribution in [0.3, 0.4) is 0 Å². The van der Waals surface area contributed by atoms with Gasteiger partial charge in [-0.25, -0.2) is 0 Å². The van der Waals surface area contributed by atoms with Crippen molar-refractivity contribution in [3.8, 4) is 11.8 Å². The van der Waals surface area contributed by atoms with Gasteiger partial charge in [0, 0.05) is 17.2 Å². The molecule has 0 fully saturated rings. The van der Waals surface area contributed by atoms with Crippen molar-refractivity contribution in [3.05, 3.63) is 59.7 Å². The number of aryl methyl sites for hydroxylation is 1. The normalized spacial score (nSPS) is 23.6. The van der Waals surface area contributed by atoms with Crippen LogP contribution in [0.5, 0.6) is 5.75 Å². The van der Waals surface area contributed by atoms with Crippen LogP contribution < -0.4 is 10.1 Å². The first-order valence-electron chi connectivity index (χ1n) is 7.14. The molecule has 0 saturated heterocycles. The summed E-state index contributed by atoms with van der Waals surface area (Å²) in [6.45, 7) is 4.63. The number of fused-ring (bicyclic) bond motifs is 1. The predicted molar refractivity (Wildman–Crippen MR) is 83.2 cm³/mol. The first-order chi connectivity index (χ1) is 10.2. The van der Waals surface area contributed by atoms with Crippen molar-refractivity contribution in [3.63, 3.8) is 0 Å². The summed E-state index contributed by atoms with van der Waals surface area (Å²) in [4.78, 5) is 0. The van der Waals surface area contributed by atoms with Gasteiger partial charge < -0.3 is 10.1 Å². The number of nitriles is 1. The van der Waals surface area contributed by atoms with Crippen molar-refractivity contribution in [1.82, 2.24) is 0 Å². The third-order valence-electron chi connectivity index (χ3n) is 4.11. The number of nitrogens with zero attached hydrogens (tertiary/aromatic N) is 1. The van der Waals surface area contributed by atoms with Crippen molar-refractivity contribution in [2.75, 3.05) is 11.9 Å². The Hall–Kier alpha value is -2.47. The molecule has 0 bridgehead atoms. The molecule has 0 spiro atoms. The largest absolute Gasteiger partial charge is 0.493 e. The van der Waals surface area contributed by atoms with Crippen LogP contribution in [0.25, 0.3) is 0 Å². The monoisotopic (exact) mass is 278 g/mol. The van der Waals surface area contributed by atoms with Crippen LogP contribution in [0.4, 0.5) is 5.69 Å². The van der Waals surface area contributed by atoms with Crippen LogP contribution in [-0.4, -0.2) is 6.61 Å². The number of hydrogen-bond acceptors (Lipinski definition) is 3. The van der Waals surface area contributed by atoms with Crippen LogP contribution in [-0.2, 0) is 5.54 Å². The van der Waals surface area contributed by atoms with Crippen LogP contribution >= 0.6 is 0 Å². The zero-order valence-electron chi connectivity index (χ0n) is 12.3. The molecule has 1 aliphatic rings. The highest BCUT2D eigenvalue weighted by Gasteiger charge is 2.44. The molecule has 3 heteroatoms. The molecule has 1 heterocycles. The summed E-state index contributed by atoms with van der Waals surface area (Å²) in [5, 5.41) is 13.3. The summed E-state index contributed by atoms with van der Waals surface area (Å²) in [6.07, 6.45) is 0. The molecule has 106 valence electrons. The van der Waals surface area contributed by atoms with Gasteiger partial charge in [-0.2, -0.15) is 5.26 Å². The van der Waals surface area contributed by atoms with E-state index in [4.69, 9.17) is 4.74 Å². The minimum atomic E-state index is -0.760. The summed E-state index contributed by atoms with van der Waals surface area (Å²) in [5.74, 6) is 0.843. The van der Waals surface area contributed by atoms with E-state index in [-0.39, 0.29) is 5.92 Å². The van der Waals surface area contributed by atoms with E-state index in [1.54, 1.807) is 0 Å². The summed E-state index contributed by atoms with van der Waals surface area (Å²) in [7, 11) is 0. The lowest BCUT2D eigenvalue weighted by Crippen LogP contribution is -2.46. The number of nitrogens with one attached hydrogen (secondary N) is 1. The minimum Gasteiger partial charge on any atom is -0.493 e. The average molecular weight is 278 g/mol. The first kappa shape index (κ1) is 13.5. The Labute approximate surface area is 125 Å². The van der Waals surface area contributed by atoms with Gasteiger partial charge in [-0.15, -0.1) is 0 Å². The fraction of sp³-hybridized carbons (Fsp3) is 0.278. The van der Waals surface area contributed by atoms with E-state index in [1.165, 1.54) is 5.56 Å². The predicted octanol–water partition coefficient (Wildman–Crippen LogP) is 3.85. The quantitative estimate of drug-likeness (QED) is 0.907. The molecule has 2 atom stereocenters. The Kier molecular flexibility index (Phi) is 3.31.